The molecule has 0 amide bonds. The second-order valence-electron chi connectivity index (χ2n) is 7.21. The van der Waals surface area contributed by atoms with Crippen molar-refractivity contribution in [2.24, 2.45) is 5.92 Å². The van der Waals surface area contributed by atoms with E-state index in [0.29, 0.717) is 26.2 Å². The van der Waals surface area contributed by atoms with Crippen LogP contribution >= 0.6 is 12.4 Å². The summed E-state index contributed by atoms with van der Waals surface area (Å²) in [5, 5.41) is 3.41. The maximum absolute atomic E-state index is 12.8. The number of hydrogen-bond acceptors (Lipinski definition) is 4. The number of piperidine rings is 1. The van der Waals surface area contributed by atoms with Gasteiger partial charge in [-0.15, -0.1) is 12.4 Å². The SMILES string of the molecule is Cl.O=S(=O)(N1CCCCCC1)N1CCN(CC2CCNCC2)CC1. The fourth-order valence-electron chi connectivity index (χ4n) is 4.01. The van der Waals surface area contributed by atoms with Crippen LogP contribution in [0.1, 0.15) is 38.5 Å². The molecule has 0 aromatic rings. The molecule has 0 spiro atoms. The monoisotopic (exact) mass is 380 g/mol. The van der Waals surface area contributed by atoms with E-state index >= 15 is 0 Å². The summed E-state index contributed by atoms with van der Waals surface area (Å²) in [6.45, 7) is 7.90. The predicted octanol–water partition coefficient (Wildman–Crippen LogP) is 1.15. The number of hydrogen-bond donors (Lipinski definition) is 1. The molecule has 8 heteroatoms. The average molecular weight is 381 g/mol. The highest BCUT2D eigenvalue weighted by Gasteiger charge is 2.32. The van der Waals surface area contributed by atoms with Crippen molar-refractivity contribution in [2.75, 3.05) is 58.9 Å². The standard InChI is InChI=1S/C16H32N4O2S.ClH/c21-23(22,19-9-3-1-2-4-10-19)20-13-11-18(12-14-20)15-16-5-7-17-8-6-16;/h16-17H,1-15H2;1H. The molecule has 24 heavy (non-hydrogen) atoms. The Balaban J connectivity index is 0.00000208. The molecule has 1 N–H and O–H groups in total. The zero-order chi connectivity index (χ0) is 16.1. The van der Waals surface area contributed by atoms with E-state index in [1.807, 2.05) is 0 Å². The Morgan fingerprint density at radius 1 is 0.792 bits per heavy atom. The molecule has 0 aliphatic carbocycles. The Morgan fingerprint density at radius 2 is 1.33 bits per heavy atom. The van der Waals surface area contributed by atoms with Crippen molar-refractivity contribution in [3.8, 4) is 0 Å². The summed E-state index contributed by atoms with van der Waals surface area (Å²) in [6, 6.07) is 0. The van der Waals surface area contributed by atoms with Gasteiger partial charge >= 0.3 is 0 Å². The van der Waals surface area contributed by atoms with Gasteiger partial charge in [0.2, 0.25) is 0 Å². The number of nitrogens with zero attached hydrogens (tertiary/aromatic N) is 3. The third-order valence-corrected chi connectivity index (χ3v) is 7.56. The first-order chi connectivity index (χ1) is 11.2. The minimum absolute atomic E-state index is 0. The highest BCUT2D eigenvalue weighted by molar-refractivity contribution is 7.86. The molecule has 3 aliphatic rings. The summed E-state index contributed by atoms with van der Waals surface area (Å²) in [6.07, 6.45) is 6.86. The van der Waals surface area contributed by atoms with Gasteiger partial charge in [0.25, 0.3) is 10.2 Å². The van der Waals surface area contributed by atoms with Gasteiger partial charge in [-0.3, -0.25) is 0 Å². The van der Waals surface area contributed by atoms with Crippen LogP contribution in [0.3, 0.4) is 0 Å². The third kappa shape index (κ3) is 5.29. The molecule has 0 aromatic carbocycles. The molecule has 142 valence electrons. The normalized spacial score (nSPS) is 26.7. The summed E-state index contributed by atoms with van der Waals surface area (Å²) in [7, 11) is -3.23. The topological polar surface area (TPSA) is 55.9 Å². The van der Waals surface area contributed by atoms with Gasteiger partial charge in [-0.05, 0) is 44.7 Å². The van der Waals surface area contributed by atoms with Crippen molar-refractivity contribution in [2.45, 2.75) is 38.5 Å². The van der Waals surface area contributed by atoms with Gasteiger partial charge in [-0.1, -0.05) is 12.8 Å². The number of rotatable bonds is 4. The molecule has 0 unspecified atom stereocenters. The minimum atomic E-state index is -3.23. The summed E-state index contributed by atoms with van der Waals surface area (Å²) < 4.78 is 29.1. The van der Waals surface area contributed by atoms with Crippen molar-refractivity contribution < 1.29 is 8.42 Å². The maximum Gasteiger partial charge on any atom is 0.282 e. The van der Waals surface area contributed by atoms with Crippen molar-refractivity contribution in [1.82, 2.24) is 18.8 Å². The smallest absolute Gasteiger partial charge is 0.282 e. The molecule has 0 atom stereocenters. The predicted molar refractivity (Wildman–Crippen MR) is 99.8 cm³/mol. The van der Waals surface area contributed by atoms with Gasteiger partial charge in [0, 0.05) is 45.8 Å². The molecule has 0 bridgehead atoms. The van der Waals surface area contributed by atoms with Crippen LogP contribution in [0.25, 0.3) is 0 Å². The molecule has 6 nitrogen and oxygen atoms in total. The van der Waals surface area contributed by atoms with E-state index < -0.39 is 10.2 Å². The van der Waals surface area contributed by atoms with E-state index in [9.17, 15) is 8.42 Å². The number of piperazine rings is 1. The van der Waals surface area contributed by atoms with Crippen LogP contribution < -0.4 is 5.32 Å². The molecular formula is C16H33ClN4O2S. The lowest BCUT2D eigenvalue weighted by Crippen LogP contribution is -2.54. The average Bonchev–Trinajstić information content (AvgIpc) is 2.86. The highest BCUT2D eigenvalue weighted by Crippen LogP contribution is 2.19. The van der Waals surface area contributed by atoms with Crippen LogP contribution in [0.15, 0.2) is 0 Å². The molecule has 3 fully saturated rings. The number of halogens is 1. The Bertz CT molecular complexity index is 455. The fourth-order valence-corrected chi connectivity index (χ4v) is 5.68. The second kappa shape index (κ2) is 9.69. The van der Waals surface area contributed by atoms with Crippen molar-refractivity contribution in [1.29, 1.82) is 0 Å². The molecule has 0 saturated carbocycles. The van der Waals surface area contributed by atoms with Crippen LogP contribution in [0.2, 0.25) is 0 Å². The minimum Gasteiger partial charge on any atom is -0.317 e. The summed E-state index contributed by atoms with van der Waals surface area (Å²) in [5.74, 6) is 0.782. The first kappa shape index (κ1) is 20.4. The zero-order valence-corrected chi connectivity index (χ0v) is 16.3. The highest BCUT2D eigenvalue weighted by atomic mass is 35.5. The third-order valence-electron chi connectivity index (χ3n) is 5.52. The molecule has 0 radical (unpaired) electrons. The van der Waals surface area contributed by atoms with E-state index in [-0.39, 0.29) is 12.4 Å². The lowest BCUT2D eigenvalue weighted by molar-refractivity contribution is 0.148. The van der Waals surface area contributed by atoms with E-state index in [1.165, 1.54) is 12.8 Å². The first-order valence-corrected chi connectivity index (χ1v) is 10.7. The van der Waals surface area contributed by atoms with Crippen LogP contribution in [-0.4, -0.2) is 80.8 Å². The summed E-state index contributed by atoms with van der Waals surface area (Å²) >= 11 is 0. The van der Waals surface area contributed by atoms with Crippen LogP contribution in [0.5, 0.6) is 0 Å². The van der Waals surface area contributed by atoms with E-state index in [4.69, 9.17) is 0 Å². The van der Waals surface area contributed by atoms with Gasteiger partial charge < -0.3 is 10.2 Å². The zero-order valence-electron chi connectivity index (χ0n) is 14.7. The van der Waals surface area contributed by atoms with Gasteiger partial charge in [0.1, 0.15) is 0 Å². The largest absolute Gasteiger partial charge is 0.317 e. The van der Waals surface area contributed by atoms with E-state index in [0.717, 1.165) is 64.3 Å². The van der Waals surface area contributed by atoms with Gasteiger partial charge in [-0.25, -0.2) is 0 Å². The Kier molecular flexibility index (Phi) is 8.23. The summed E-state index contributed by atoms with van der Waals surface area (Å²) in [5.41, 5.74) is 0. The van der Waals surface area contributed by atoms with Crippen LogP contribution in [0.4, 0.5) is 0 Å². The van der Waals surface area contributed by atoms with Gasteiger partial charge in [-0.2, -0.15) is 17.0 Å². The Labute approximate surface area is 153 Å². The molecule has 3 heterocycles. The Hall–Kier alpha value is 0.0800. The maximum atomic E-state index is 12.8. The number of nitrogens with one attached hydrogen (secondary N) is 1. The second-order valence-corrected chi connectivity index (χ2v) is 9.14. The quantitative estimate of drug-likeness (QED) is 0.794. The summed E-state index contributed by atoms with van der Waals surface area (Å²) in [4.78, 5) is 2.46. The molecule has 3 rings (SSSR count). The van der Waals surface area contributed by atoms with E-state index in [2.05, 4.69) is 10.2 Å². The fraction of sp³-hybridized carbons (Fsp3) is 1.00. The van der Waals surface area contributed by atoms with Gasteiger partial charge in [0.05, 0.1) is 0 Å². The van der Waals surface area contributed by atoms with Crippen LogP contribution in [0, 0.1) is 5.92 Å². The van der Waals surface area contributed by atoms with Crippen molar-refractivity contribution >= 4 is 22.6 Å². The molecular weight excluding hydrogens is 348 g/mol. The Morgan fingerprint density at radius 3 is 1.92 bits per heavy atom. The molecule has 0 aromatic heterocycles. The van der Waals surface area contributed by atoms with Gasteiger partial charge in [0.15, 0.2) is 0 Å². The van der Waals surface area contributed by atoms with Crippen LogP contribution in [-0.2, 0) is 10.2 Å². The lowest BCUT2D eigenvalue weighted by atomic mass is 9.97. The van der Waals surface area contributed by atoms with Crippen molar-refractivity contribution in [3.05, 3.63) is 0 Å². The lowest BCUT2D eigenvalue weighted by Gasteiger charge is -2.38. The van der Waals surface area contributed by atoms with Crippen molar-refractivity contribution in [3.63, 3.8) is 0 Å². The molecule has 3 saturated heterocycles. The first-order valence-electron chi connectivity index (χ1n) is 9.34. The molecule has 3 aliphatic heterocycles. The van der Waals surface area contributed by atoms with E-state index in [1.54, 1.807) is 8.61 Å².